The number of benzene rings is 2. The monoisotopic (exact) mass is 407 g/mol. The van der Waals surface area contributed by atoms with Gasteiger partial charge in [-0.05, 0) is 54.0 Å². The summed E-state index contributed by atoms with van der Waals surface area (Å²) in [5.41, 5.74) is 2.19. The Balaban J connectivity index is 1.57. The van der Waals surface area contributed by atoms with E-state index in [4.69, 9.17) is 12.2 Å². The lowest BCUT2D eigenvalue weighted by Gasteiger charge is -2.37. The fraction of sp³-hybridized carbons (Fsp3) is 0.381. The first kappa shape index (κ1) is 20.5. The van der Waals surface area contributed by atoms with E-state index in [0.29, 0.717) is 42.9 Å². The molecule has 0 radical (unpaired) electrons. The SMILES string of the molecule is CC(C)c1ccc(NC(=S)N2CCN(c3cccc(C(F)(F)F)c3)CC2)cc1. The number of nitrogens with zero attached hydrogens (tertiary/aromatic N) is 2. The summed E-state index contributed by atoms with van der Waals surface area (Å²) in [7, 11) is 0. The summed E-state index contributed by atoms with van der Waals surface area (Å²) in [6.45, 7) is 6.86. The van der Waals surface area contributed by atoms with Crippen molar-refractivity contribution in [3.05, 3.63) is 59.7 Å². The zero-order valence-electron chi connectivity index (χ0n) is 16.0. The number of anilines is 2. The van der Waals surface area contributed by atoms with E-state index in [1.54, 1.807) is 6.07 Å². The molecule has 1 aliphatic heterocycles. The first-order chi connectivity index (χ1) is 13.2. The van der Waals surface area contributed by atoms with Crippen LogP contribution in [0, 0.1) is 0 Å². The van der Waals surface area contributed by atoms with Crippen LogP contribution in [0.5, 0.6) is 0 Å². The van der Waals surface area contributed by atoms with Crippen molar-refractivity contribution in [1.29, 1.82) is 0 Å². The van der Waals surface area contributed by atoms with Crippen LogP contribution in [0.1, 0.15) is 30.9 Å². The lowest BCUT2D eigenvalue weighted by Crippen LogP contribution is -2.50. The molecule has 7 heteroatoms. The molecule has 0 saturated carbocycles. The topological polar surface area (TPSA) is 18.5 Å². The van der Waals surface area contributed by atoms with Gasteiger partial charge in [0, 0.05) is 37.6 Å². The van der Waals surface area contributed by atoms with Gasteiger partial charge in [0.1, 0.15) is 0 Å². The first-order valence-corrected chi connectivity index (χ1v) is 9.73. The van der Waals surface area contributed by atoms with Crippen molar-refractivity contribution in [2.24, 2.45) is 0 Å². The highest BCUT2D eigenvalue weighted by Crippen LogP contribution is 2.32. The van der Waals surface area contributed by atoms with E-state index in [0.717, 1.165) is 11.8 Å². The standard InChI is InChI=1S/C21H24F3N3S/c1-15(2)16-6-8-18(9-7-16)25-20(28)27-12-10-26(11-13-27)19-5-3-4-17(14-19)21(22,23)24/h3-9,14-15H,10-13H2,1-2H3,(H,25,28). The van der Waals surface area contributed by atoms with E-state index in [1.165, 1.54) is 17.7 Å². The fourth-order valence-corrected chi connectivity index (χ4v) is 3.50. The molecule has 0 spiro atoms. The van der Waals surface area contributed by atoms with E-state index < -0.39 is 11.7 Å². The molecule has 3 rings (SSSR count). The molecule has 1 aliphatic rings. The largest absolute Gasteiger partial charge is 0.416 e. The average Bonchev–Trinajstić information content (AvgIpc) is 2.68. The molecule has 3 nitrogen and oxygen atoms in total. The molecule has 0 bridgehead atoms. The maximum Gasteiger partial charge on any atom is 0.416 e. The van der Waals surface area contributed by atoms with Crippen LogP contribution in [-0.2, 0) is 6.18 Å². The van der Waals surface area contributed by atoms with E-state index in [-0.39, 0.29) is 0 Å². The molecular weight excluding hydrogens is 383 g/mol. The molecule has 28 heavy (non-hydrogen) atoms. The third kappa shape index (κ3) is 4.95. The molecule has 0 aliphatic carbocycles. The Morgan fingerprint density at radius 3 is 2.21 bits per heavy atom. The predicted molar refractivity (Wildman–Crippen MR) is 112 cm³/mol. The Kier molecular flexibility index (Phi) is 6.13. The molecule has 0 unspecified atom stereocenters. The van der Waals surface area contributed by atoms with Crippen molar-refractivity contribution < 1.29 is 13.2 Å². The van der Waals surface area contributed by atoms with Gasteiger partial charge in [0.15, 0.2) is 5.11 Å². The lowest BCUT2D eigenvalue weighted by molar-refractivity contribution is -0.137. The number of thiocarbonyl (C=S) groups is 1. The number of nitrogens with one attached hydrogen (secondary N) is 1. The zero-order chi connectivity index (χ0) is 20.3. The number of alkyl halides is 3. The van der Waals surface area contributed by atoms with Gasteiger partial charge in [-0.25, -0.2) is 0 Å². The highest BCUT2D eigenvalue weighted by Gasteiger charge is 2.31. The summed E-state index contributed by atoms with van der Waals surface area (Å²) in [5, 5.41) is 3.89. The van der Waals surface area contributed by atoms with Gasteiger partial charge in [-0.1, -0.05) is 32.0 Å². The highest BCUT2D eigenvalue weighted by atomic mass is 32.1. The molecule has 0 aromatic heterocycles. The van der Waals surface area contributed by atoms with Crippen LogP contribution in [0.3, 0.4) is 0 Å². The van der Waals surface area contributed by atoms with Crippen molar-refractivity contribution >= 4 is 28.7 Å². The normalized spacial score (nSPS) is 15.1. The molecule has 0 amide bonds. The van der Waals surface area contributed by atoms with Crippen molar-refractivity contribution in [3.63, 3.8) is 0 Å². The quantitative estimate of drug-likeness (QED) is 0.691. The van der Waals surface area contributed by atoms with Crippen molar-refractivity contribution in [1.82, 2.24) is 4.90 Å². The average molecular weight is 408 g/mol. The Labute approximate surface area is 169 Å². The molecule has 0 atom stereocenters. The van der Waals surface area contributed by atoms with E-state index in [1.807, 2.05) is 17.0 Å². The fourth-order valence-electron chi connectivity index (χ4n) is 3.20. The van der Waals surface area contributed by atoms with Crippen LogP contribution in [0.15, 0.2) is 48.5 Å². The number of hydrogen-bond acceptors (Lipinski definition) is 2. The van der Waals surface area contributed by atoms with Gasteiger partial charge in [0.05, 0.1) is 5.56 Å². The van der Waals surface area contributed by atoms with Crippen LogP contribution in [0.25, 0.3) is 0 Å². The Hall–Kier alpha value is -2.28. The van der Waals surface area contributed by atoms with Gasteiger partial charge in [-0.2, -0.15) is 13.2 Å². The zero-order valence-corrected chi connectivity index (χ0v) is 16.8. The van der Waals surface area contributed by atoms with Gasteiger partial charge in [-0.15, -0.1) is 0 Å². The maximum atomic E-state index is 12.9. The highest BCUT2D eigenvalue weighted by molar-refractivity contribution is 7.80. The first-order valence-electron chi connectivity index (χ1n) is 9.32. The second-order valence-corrected chi connectivity index (χ2v) is 7.62. The third-order valence-corrected chi connectivity index (χ3v) is 5.29. The molecular formula is C21H24F3N3S. The van der Waals surface area contributed by atoms with Gasteiger partial charge in [-0.3, -0.25) is 0 Å². The maximum absolute atomic E-state index is 12.9. The summed E-state index contributed by atoms with van der Waals surface area (Å²) in [6.07, 6.45) is -4.32. The van der Waals surface area contributed by atoms with Crippen LogP contribution in [-0.4, -0.2) is 36.2 Å². The molecule has 2 aromatic carbocycles. The number of rotatable bonds is 3. The minimum absolute atomic E-state index is 0.477. The van der Waals surface area contributed by atoms with Gasteiger partial charge >= 0.3 is 6.18 Å². The summed E-state index contributed by atoms with van der Waals surface area (Å²) >= 11 is 5.51. The van der Waals surface area contributed by atoms with Crippen LogP contribution in [0.4, 0.5) is 24.5 Å². The Morgan fingerprint density at radius 2 is 1.64 bits per heavy atom. The minimum Gasteiger partial charge on any atom is -0.368 e. The summed E-state index contributed by atoms with van der Waals surface area (Å²) in [5.74, 6) is 0.477. The number of halogens is 3. The van der Waals surface area contributed by atoms with E-state index in [9.17, 15) is 13.2 Å². The second-order valence-electron chi connectivity index (χ2n) is 7.23. The second kappa shape index (κ2) is 8.39. The summed E-state index contributed by atoms with van der Waals surface area (Å²) < 4.78 is 38.8. The molecule has 150 valence electrons. The van der Waals surface area contributed by atoms with E-state index >= 15 is 0 Å². The molecule has 1 fully saturated rings. The Morgan fingerprint density at radius 1 is 1.00 bits per heavy atom. The van der Waals surface area contributed by atoms with E-state index in [2.05, 4.69) is 36.2 Å². The smallest absolute Gasteiger partial charge is 0.368 e. The lowest BCUT2D eigenvalue weighted by atomic mass is 10.0. The number of piperazine rings is 1. The summed E-state index contributed by atoms with van der Waals surface area (Å²) in [4.78, 5) is 4.02. The minimum atomic E-state index is -4.32. The van der Waals surface area contributed by atoms with Gasteiger partial charge < -0.3 is 15.1 Å². The molecule has 1 heterocycles. The van der Waals surface area contributed by atoms with Crippen molar-refractivity contribution in [2.45, 2.75) is 25.9 Å². The van der Waals surface area contributed by atoms with Crippen molar-refractivity contribution in [2.75, 3.05) is 36.4 Å². The number of hydrogen-bond donors (Lipinski definition) is 1. The van der Waals surface area contributed by atoms with Crippen LogP contribution < -0.4 is 10.2 Å². The molecule has 1 N–H and O–H groups in total. The predicted octanol–water partition coefficient (Wildman–Crippen LogP) is 5.35. The third-order valence-electron chi connectivity index (χ3n) is 4.93. The Bertz CT molecular complexity index is 810. The van der Waals surface area contributed by atoms with Crippen LogP contribution in [0.2, 0.25) is 0 Å². The van der Waals surface area contributed by atoms with Crippen molar-refractivity contribution in [3.8, 4) is 0 Å². The summed E-state index contributed by atoms with van der Waals surface area (Å²) in [6, 6.07) is 13.7. The molecule has 2 aromatic rings. The van der Waals surface area contributed by atoms with Gasteiger partial charge in [0.2, 0.25) is 0 Å². The van der Waals surface area contributed by atoms with Gasteiger partial charge in [0.25, 0.3) is 0 Å². The van der Waals surface area contributed by atoms with Crippen LogP contribution >= 0.6 is 12.2 Å². The molecule has 1 saturated heterocycles.